The fraction of sp³-hybridized carbons (Fsp3) is 0.333. The first kappa shape index (κ1) is 25.8. The SMILES string of the molecule is Nc1ccc(OC(F)(F)F)cc1.O=C(O)N1C[C@@H]2CN(c3ccc(OC(F)(F)F)cc3)C(=O)[C@@H]2C1. The first-order valence-corrected chi connectivity index (χ1v) is 9.98. The molecule has 2 aromatic rings. The Morgan fingerprint density at radius 2 is 1.34 bits per heavy atom. The molecule has 2 aliphatic heterocycles. The average molecular weight is 507 g/mol. The minimum Gasteiger partial charge on any atom is -0.465 e. The van der Waals surface area contributed by atoms with Crippen LogP contribution < -0.4 is 20.1 Å². The Balaban J connectivity index is 0.000000241. The van der Waals surface area contributed by atoms with Crippen molar-refractivity contribution in [1.82, 2.24) is 4.90 Å². The van der Waals surface area contributed by atoms with Crippen molar-refractivity contribution in [3.8, 4) is 11.5 Å². The molecular formula is C21H19F6N3O5. The summed E-state index contributed by atoms with van der Waals surface area (Å²) in [4.78, 5) is 26.0. The van der Waals surface area contributed by atoms with Crippen LogP contribution in [0.1, 0.15) is 0 Å². The van der Waals surface area contributed by atoms with Crippen LogP contribution in [-0.4, -0.2) is 54.4 Å². The van der Waals surface area contributed by atoms with Gasteiger partial charge in [0.25, 0.3) is 0 Å². The average Bonchev–Trinajstić information content (AvgIpc) is 3.29. The maximum absolute atomic E-state index is 12.4. The van der Waals surface area contributed by atoms with Crippen molar-refractivity contribution in [2.45, 2.75) is 12.7 Å². The van der Waals surface area contributed by atoms with Gasteiger partial charge in [0, 0.05) is 36.9 Å². The number of nitrogens with two attached hydrogens (primary N) is 1. The fourth-order valence-corrected chi connectivity index (χ4v) is 3.75. The quantitative estimate of drug-likeness (QED) is 0.474. The molecule has 0 radical (unpaired) electrons. The summed E-state index contributed by atoms with van der Waals surface area (Å²) in [5.74, 6) is -1.31. The summed E-state index contributed by atoms with van der Waals surface area (Å²) in [5.41, 5.74) is 6.12. The molecule has 0 bridgehead atoms. The van der Waals surface area contributed by atoms with E-state index in [1.165, 1.54) is 34.1 Å². The second kappa shape index (κ2) is 9.80. The van der Waals surface area contributed by atoms with E-state index in [2.05, 4.69) is 9.47 Å². The van der Waals surface area contributed by atoms with Gasteiger partial charge < -0.3 is 30.1 Å². The number of carboxylic acid groups (broad SMARTS) is 1. The van der Waals surface area contributed by atoms with Crippen LogP contribution in [0.4, 0.5) is 42.5 Å². The van der Waals surface area contributed by atoms with Crippen LogP contribution in [-0.2, 0) is 4.79 Å². The van der Waals surface area contributed by atoms with Gasteiger partial charge in [0.1, 0.15) is 11.5 Å². The minimum absolute atomic E-state index is 0.0929. The summed E-state index contributed by atoms with van der Waals surface area (Å²) in [5, 5.41) is 8.96. The molecule has 3 N–H and O–H groups in total. The van der Waals surface area contributed by atoms with Gasteiger partial charge in [-0.05, 0) is 48.5 Å². The summed E-state index contributed by atoms with van der Waals surface area (Å²) >= 11 is 0. The highest BCUT2D eigenvalue weighted by molar-refractivity contribution is 5.98. The molecule has 2 fully saturated rings. The van der Waals surface area contributed by atoms with E-state index in [1.807, 2.05) is 0 Å². The van der Waals surface area contributed by atoms with Gasteiger partial charge in [0.2, 0.25) is 5.91 Å². The maximum atomic E-state index is 12.4. The van der Waals surface area contributed by atoms with Crippen LogP contribution in [0.3, 0.4) is 0 Å². The Morgan fingerprint density at radius 1 is 0.857 bits per heavy atom. The van der Waals surface area contributed by atoms with Crippen molar-refractivity contribution in [1.29, 1.82) is 0 Å². The van der Waals surface area contributed by atoms with Crippen molar-refractivity contribution in [3.63, 3.8) is 0 Å². The van der Waals surface area contributed by atoms with Crippen molar-refractivity contribution in [3.05, 3.63) is 48.5 Å². The number of anilines is 2. The molecule has 2 saturated heterocycles. The van der Waals surface area contributed by atoms with Crippen LogP contribution in [0.5, 0.6) is 11.5 Å². The number of hydrogen-bond donors (Lipinski definition) is 2. The van der Waals surface area contributed by atoms with E-state index < -0.39 is 24.7 Å². The Kier molecular flexibility index (Phi) is 7.22. The van der Waals surface area contributed by atoms with Crippen molar-refractivity contribution < 1.29 is 50.5 Å². The Labute approximate surface area is 194 Å². The van der Waals surface area contributed by atoms with Gasteiger partial charge in [-0.1, -0.05) is 0 Å². The first-order valence-electron chi connectivity index (χ1n) is 9.98. The molecule has 0 aromatic heterocycles. The lowest BCUT2D eigenvalue weighted by Crippen LogP contribution is -2.34. The normalized spacial score (nSPS) is 19.7. The standard InChI is InChI=1S/C14H13F3N2O4.C7H6F3NO/c15-14(16,17)23-10-3-1-9(2-4-10)19-6-8-5-18(13(21)22)7-11(8)12(19)20;8-7(9,10)12-6-3-1-5(11)2-4-6/h1-4,8,11H,5-7H2,(H,21,22);1-4H,11H2/t8-,11-;/m1./s1. The smallest absolute Gasteiger partial charge is 0.465 e. The largest absolute Gasteiger partial charge is 0.573 e. The number of halogens is 6. The van der Waals surface area contributed by atoms with E-state index in [-0.39, 0.29) is 36.4 Å². The molecule has 2 amide bonds. The van der Waals surface area contributed by atoms with Crippen molar-refractivity contribution >= 4 is 23.4 Å². The van der Waals surface area contributed by atoms with Crippen LogP contribution in [0, 0.1) is 11.8 Å². The summed E-state index contributed by atoms with van der Waals surface area (Å²) in [7, 11) is 0. The maximum Gasteiger partial charge on any atom is 0.573 e. The van der Waals surface area contributed by atoms with Crippen LogP contribution in [0.15, 0.2) is 48.5 Å². The first-order chi connectivity index (χ1) is 16.2. The van der Waals surface area contributed by atoms with E-state index in [0.29, 0.717) is 17.9 Å². The molecule has 0 saturated carbocycles. The lowest BCUT2D eigenvalue weighted by molar-refractivity contribution is -0.275. The molecule has 2 aliphatic rings. The van der Waals surface area contributed by atoms with Crippen LogP contribution >= 0.6 is 0 Å². The summed E-state index contributed by atoms with van der Waals surface area (Å²) in [6.07, 6.45) is -10.5. The lowest BCUT2D eigenvalue weighted by Gasteiger charge is -2.20. The number of nitrogen functional groups attached to an aromatic ring is 1. The molecule has 35 heavy (non-hydrogen) atoms. The zero-order valence-electron chi connectivity index (χ0n) is 17.7. The number of hydrogen-bond acceptors (Lipinski definition) is 5. The molecule has 4 rings (SSSR count). The zero-order valence-corrected chi connectivity index (χ0v) is 17.7. The summed E-state index contributed by atoms with van der Waals surface area (Å²) < 4.78 is 78.5. The molecule has 0 unspecified atom stereocenters. The Bertz CT molecular complexity index is 1040. The third kappa shape index (κ3) is 7.07. The second-order valence-electron chi connectivity index (χ2n) is 7.66. The predicted octanol–water partition coefficient (Wildman–Crippen LogP) is 4.33. The second-order valence-corrected chi connectivity index (χ2v) is 7.66. The number of alkyl halides is 6. The number of benzene rings is 2. The van der Waals surface area contributed by atoms with E-state index in [4.69, 9.17) is 10.8 Å². The molecule has 14 heteroatoms. The van der Waals surface area contributed by atoms with Crippen LogP contribution in [0.2, 0.25) is 0 Å². The van der Waals surface area contributed by atoms with E-state index in [1.54, 1.807) is 0 Å². The molecule has 0 spiro atoms. The van der Waals surface area contributed by atoms with Gasteiger partial charge in [0.15, 0.2) is 0 Å². The number of carbonyl (C=O) groups is 2. The molecule has 2 atom stereocenters. The number of rotatable bonds is 3. The lowest BCUT2D eigenvalue weighted by atomic mass is 10.0. The van der Waals surface area contributed by atoms with Gasteiger partial charge in [-0.25, -0.2) is 4.79 Å². The van der Waals surface area contributed by atoms with Gasteiger partial charge in [-0.3, -0.25) is 4.79 Å². The summed E-state index contributed by atoms with van der Waals surface area (Å²) in [6, 6.07) is 10.0. The van der Waals surface area contributed by atoms with Gasteiger partial charge in [0.05, 0.1) is 5.92 Å². The number of amides is 2. The van der Waals surface area contributed by atoms with Gasteiger partial charge in [-0.2, -0.15) is 0 Å². The molecule has 8 nitrogen and oxygen atoms in total. The third-order valence-corrected chi connectivity index (χ3v) is 5.21. The number of fused-ring (bicyclic) bond motifs is 1. The van der Waals surface area contributed by atoms with Gasteiger partial charge >= 0.3 is 18.8 Å². The van der Waals surface area contributed by atoms with Crippen molar-refractivity contribution in [2.24, 2.45) is 11.8 Å². The number of nitrogens with zero attached hydrogens (tertiary/aromatic N) is 2. The Morgan fingerprint density at radius 3 is 1.77 bits per heavy atom. The number of ether oxygens (including phenoxy) is 2. The zero-order chi connectivity index (χ0) is 26.0. The number of carbonyl (C=O) groups excluding carboxylic acids is 1. The fourth-order valence-electron chi connectivity index (χ4n) is 3.75. The molecule has 190 valence electrons. The molecule has 2 aromatic carbocycles. The highest BCUT2D eigenvalue weighted by Gasteiger charge is 2.48. The minimum atomic E-state index is -4.76. The van der Waals surface area contributed by atoms with Crippen molar-refractivity contribution in [2.75, 3.05) is 30.3 Å². The van der Waals surface area contributed by atoms with Gasteiger partial charge in [-0.15, -0.1) is 26.3 Å². The predicted molar refractivity (Wildman–Crippen MR) is 110 cm³/mol. The highest BCUT2D eigenvalue weighted by Crippen LogP contribution is 2.36. The highest BCUT2D eigenvalue weighted by atomic mass is 19.4. The van der Waals surface area contributed by atoms with E-state index in [0.717, 1.165) is 24.3 Å². The monoisotopic (exact) mass is 507 g/mol. The van der Waals surface area contributed by atoms with E-state index in [9.17, 15) is 35.9 Å². The summed E-state index contributed by atoms with van der Waals surface area (Å²) in [6.45, 7) is 0.800. The molecule has 2 heterocycles. The molecule has 0 aliphatic carbocycles. The molecular weight excluding hydrogens is 488 g/mol. The van der Waals surface area contributed by atoms with Crippen LogP contribution in [0.25, 0.3) is 0 Å². The topological polar surface area (TPSA) is 105 Å². The number of likely N-dealkylation sites (tertiary alicyclic amines) is 1. The third-order valence-electron chi connectivity index (χ3n) is 5.21. The Hall–Kier alpha value is -3.84. The van der Waals surface area contributed by atoms with E-state index >= 15 is 0 Å².